The van der Waals surface area contributed by atoms with Crippen LogP contribution in [0.4, 0.5) is 17.1 Å². The molecule has 0 aliphatic heterocycles. The van der Waals surface area contributed by atoms with Crippen LogP contribution in [0.3, 0.4) is 0 Å². The molecule has 0 atom stereocenters. The molecule has 12 rings (SSSR count). The number of fused-ring (bicyclic) bond motifs is 3. The molecule has 0 saturated heterocycles. The van der Waals surface area contributed by atoms with Crippen LogP contribution in [-0.2, 0) is 5.41 Å². The molecule has 5 aliphatic rings. The fourth-order valence-electron chi connectivity index (χ4n) is 11.5. The van der Waals surface area contributed by atoms with Crippen molar-refractivity contribution in [2.24, 2.45) is 23.7 Å². The van der Waals surface area contributed by atoms with E-state index in [2.05, 4.69) is 181 Å². The molecule has 1 nitrogen and oxygen atoms in total. The SMILES string of the molecule is c1ccc(-c2ccc(N(c3ccc(-c4ccccc4)cc3)c3ccccc3-c3ccc4c(c3)-c3ccccc3C43C4CC5CC(C4)CC3C5)cc2)cc1. The minimum atomic E-state index is 0.185. The van der Waals surface area contributed by atoms with Gasteiger partial charge in [0.05, 0.1) is 5.69 Å². The molecule has 0 heterocycles. The number of anilines is 3. The highest BCUT2D eigenvalue weighted by molar-refractivity contribution is 5.92. The minimum absolute atomic E-state index is 0.185. The molecule has 0 N–H and O–H groups in total. The Morgan fingerprint density at radius 3 is 1.40 bits per heavy atom. The van der Waals surface area contributed by atoms with Crippen LogP contribution in [0.25, 0.3) is 44.5 Å². The first-order valence-corrected chi connectivity index (χ1v) is 19.7. The summed E-state index contributed by atoms with van der Waals surface area (Å²) < 4.78 is 0. The van der Waals surface area contributed by atoms with Gasteiger partial charge in [-0.1, -0.05) is 140 Å². The van der Waals surface area contributed by atoms with Gasteiger partial charge in [-0.2, -0.15) is 0 Å². The molecule has 4 fully saturated rings. The number of hydrogen-bond donors (Lipinski definition) is 0. The van der Waals surface area contributed by atoms with Gasteiger partial charge in [-0.05, 0) is 142 Å². The van der Waals surface area contributed by atoms with Gasteiger partial charge in [0.2, 0.25) is 0 Å². The van der Waals surface area contributed by atoms with E-state index in [9.17, 15) is 0 Å². The predicted molar refractivity (Wildman–Crippen MR) is 221 cm³/mol. The molecule has 1 heteroatoms. The van der Waals surface area contributed by atoms with E-state index in [4.69, 9.17) is 0 Å². The smallest absolute Gasteiger partial charge is 0.0540 e. The Balaban J connectivity index is 1.05. The molecule has 53 heavy (non-hydrogen) atoms. The third-order valence-corrected chi connectivity index (χ3v) is 13.5. The second-order valence-corrected chi connectivity index (χ2v) is 16.2. The van der Waals surface area contributed by atoms with Crippen LogP contribution in [0.1, 0.15) is 43.2 Å². The summed E-state index contributed by atoms with van der Waals surface area (Å²) in [6.07, 6.45) is 7.12. The van der Waals surface area contributed by atoms with Crippen molar-refractivity contribution < 1.29 is 0 Å². The van der Waals surface area contributed by atoms with Gasteiger partial charge in [-0.25, -0.2) is 0 Å². The van der Waals surface area contributed by atoms with Gasteiger partial charge in [0.25, 0.3) is 0 Å². The van der Waals surface area contributed by atoms with Gasteiger partial charge in [-0.15, -0.1) is 0 Å². The largest absolute Gasteiger partial charge is 0.310 e. The van der Waals surface area contributed by atoms with Crippen LogP contribution in [0.5, 0.6) is 0 Å². The number of nitrogens with zero attached hydrogens (tertiary/aromatic N) is 1. The van der Waals surface area contributed by atoms with Crippen molar-refractivity contribution in [1.29, 1.82) is 0 Å². The van der Waals surface area contributed by atoms with Crippen LogP contribution >= 0.6 is 0 Å². The third-order valence-electron chi connectivity index (χ3n) is 13.5. The molecule has 5 aliphatic carbocycles. The van der Waals surface area contributed by atoms with Crippen LogP contribution in [-0.4, -0.2) is 0 Å². The second kappa shape index (κ2) is 12.2. The standard InChI is InChI=1S/C52H43N/c1-3-11-37(12-4-1)39-19-24-44(25-20-39)53(45-26-21-40(22-27-45)38-13-5-2-6-14-38)51-18-10-8-15-46(51)41-23-28-50-48(34-41)47-16-7-9-17-49(47)52(50)42-30-35-29-36(32-42)33-43(52)31-35/h1-28,34-36,42-43H,29-33H2. The van der Waals surface area contributed by atoms with E-state index >= 15 is 0 Å². The fraction of sp³-hybridized carbons (Fsp3) is 0.192. The first-order chi connectivity index (χ1) is 26.2. The molecule has 256 valence electrons. The Hall–Kier alpha value is -5.66. The van der Waals surface area contributed by atoms with E-state index in [0.717, 1.165) is 35.0 Å². The molecule has 0 aromatic heterocycles. The summed E-state index contributed by atoms with van der Waals surface area (Å²) in [6, 6.07) is 65.5. The number of para-hydroxylation sites is 1. The molecule has 0 amide bonds. The topological polar surface area (TPSA) is 3.24 Å². The molecule has 1 spiro atoms. The van der Waals surface area contributed by atoms with Gasteiger partial charge in [0.1, 0.15) is 0 Å². The van der Waals surface area contributed by atoms with Crippen LogP contribution in [0, 0.1) is 23.7 Å². The van der Waals surface area contributed by atoms with Crippen molar-refractivity contribution in [2.45, 2.75) is 37.5 Å². The maximum atomic E-state index is 2.55. The average Bonchev–Trinajstić information content (AvgIpc) is 3.51. The molecule has 4 bridgehead atoms. The third kappa shape index (κ3) is 4.83. The first kappa shape index (κ1) is 30.9. The van der Waals surface area contributed by atoms with Crippen LogP contribution < -0.4 is 4.90 Å². The molecule has 4 saturated carbocycles. The normalized spacial score (nSPS) is 23.2. The number of hydrogen-bond acceptors (Lipinski definition) is 1. The summed E-state index contributed by atoms with van der Waals surface area (Å²) in [5.41, 5.74) is 17.2. The Bertz CT molecular complexity index is 2330. The van der Waals surface area contributed by atoms with Crippen molar-refractivity contribution in [3.05, 3.63) is 187 Å². The predicted octanol–water partition coefficient (Wildman–Crippen LogP) is 13.9. The van der Waals surface area contributed by atoms with Gasteiger partial charge in [-0.3, -0.25) is 0 Å². The lowest BCUT2D eigenvalue weighted by atomic mass is 9.43. The Morgan fingerprint density at radius 1 is 0.358 bits per heavy atom. The molecular formula is C52H43N. The van der Waals surface area contributed by atoms with Gasteiger partial charge in [0.15, 0.2) is 0 Å². The summed E-state index contributed by atoms with van der Waals surface area (Å²) in [5, 5.41) is 0. The van der Waals surface area contributed by atoms with E-state index in [1.807, 2.05) is 0 Å². The maximum Gasteiger partial charge on any atom is 0.0540 e. The van der Waals surface area contributed by atoms with E-state index in [-0.39, 0.29) is 5.41 Å². The number of rotatable bonds is 6. The van der Waals surface area contributed by atoms with Gasteiger partial charge in [0, 0.05) is 22.4 Å². The van der Waals surface area contributed by atoms with E-state index in [1.165, 1.54) is 82.3 Å². The molecule has 7 aromatic rings. The second-order valence-electron chi connectivity index (χ2n) is 16.2. The molecule has 7 aromatic carbocycles. The first-order valence-electron chi connectivity index (χ1n) is 19.7. The summed E-state index contributed by atoms with van der Waals surface area (Å²) in [5.74, 6) is 3.43. The maximum absolute atomic E-state index is 2.55. The monoisotopic (exact) mass is 681 g/mol. The van der Waals surface area contributed by atoms with Crippen molar-refractivity contribution in [2.75, 3.05) is 4.90 Å². The van der Waals surface area contributed by atoms with Gasteiger partial charge >= 0.3 is 0 Å². The van der Waals surface area contributed by atoms with E-state index in [0.29, 0.717) is 0 Å². The lowest BCUT2D eigenvalue weighted by Crippen LogP contribution is -2.55. The Kier molecular flexibility index (Phi) is 7.12. The summed E-state index contributed by atoms with van der Waals surface area (Å²) in [4.78, 5) is 2.44. The number of benzene rings is 7. The zero-order valence-corrected chi connectivity index (χ0v) is 30.0. The minimum Gasteiger partial charge on any atom is -0.310 e. The molecule has 0 radical (unpaired) electrons. The zero-order chi connectivity index (χ0) is 34.9. The van der Waals surface area contributed by atoms with E-state index < -0.39 is 0 Å². The highest BCUT2D eigenvalue weighted by Crippen LogP contribution is 2.69. The van der Waals surface area contributed by atoms with Crippen molar-refractivity contribution in [1.82, 2.24) is 0 Å². The molecular weight excluding hydrogens is 639 g/mol. The lowest BCUT2D eigenvalue weighted by Gasteiger charge is -2.61. The highest BCUT2D eigenvalue weighted by atomic mass is 15.1. The van der Waals surface area contributed by atoms with Crippen molar-refractivity contribution >= 4 is 17.1 Å². The summed E-state index contributed by atoms with van der Waals surface area (Å²) >= 11 is 0. The van der Waals surface area contributed by atoms with E-state index in [1.54, 1.807) is 11.1 Å². The molecule has 0 unspecified atom stereocenters. The zero-order valence-electron chi connectivity index (χ0n) is 30.0. The highest BCUT2D eigenvalue weighted by Gasteiger charge is 2.61. The van der Waals surface area contributed by atoms with Crippen molar-refractivity contribution in [3.63, 3.8) is 0 Å². The average molecular weight is 682 g/mol. The quantitative estimate of drug-likeness (QED) is 0.169. The van der Waals surface area contributed by atoms with Gasteiger partial charge < -0.3 is 4.90 Å². The summed E-state index contributed by atoms with van der Waals surface area (Å²) in [7, 11) is 0. The Morgan fingerprint density at radius 2 is 0.811 bits per heavy atom. The van der Waals surface area contributed by atoms with Crippen molar-refractivity contribution in [3.8, 4) is 44.5 Å². The fourth-order valence-corrected chi connectivity index (χ4v) is 11.5. The summed E-state index contributed by atoms with van der Waals surface area (Å²) in [6.45, 7) is 0. The lowest BCUT2D eigenvalue weighted by molar-refractivity contribution is -0.0399. The van der Waals surface area contributed by atoms with Crippen LogP contribution in [0.15, 0.2) is 176 Å². The Labute approximate surface area is 313 Å². The van der Waals surface area contributed by atoms with Crippen LogP contribution in [0.2, 0.25) is 0 Å².